The zero-order valence-electron chi connectivity index (χ0n) is 11.1. The van der Waals surface area contributed by atoms with Gasteiger partial charge in [0, 0.05) is 38.8 Å². The summed E-state index contributed by atoms with van der Waals surface area (Å²) in [7, 11) is 3.44. The van der Waals surface area contributed by atoms with E-state index in [9.17, 15) is 4.79 Å². The van der Waals surface area contributed by atoms with Crippen LogP contribution in [0.1, 0.15) is 11.1 Å². The smallest absolute Gasteiger partial charge is 0.316 e. The zero-order chi connectivity index (χ0) is 13.5. The number of hydrogen-bond donors (Lipinski definition) is 2. The molecule has 1 rings (SSSR count). The maximum absolute atomic E-state index is 11.2. The van der Waals surface area contributed by atoms with Crippen LogP contribution in [-0.2, 0) is 6.54 Å². The third-order valence-corrected chi connectivity index (χ3v) is 2.96. The molecule has 0 atom stereocenters. The van der Waals surface area contributed by atoms with Crippen LogP contribution in [0.2, 0.25) is 5.02 Å². The Kier molecular flexibility index (Phi) is 5.95. The monoisotopic (exact) mass is 269 g/mol. The minimum Gasteiger partial charge on any atom is -0.337 e. The first-order chi connectivity index (χ1) is 8.50. The van der Waals surface area contributed by atoms with Gasteiger partial charge in [0.15, 0.2) is 0 Å². The van der Waals surface area contributed by atoms with Gasteiger partial charge in [-0.05, 0) is 24.1 Å². The Morgan fingerprint density at radius 2 is 2.06 bits per heavy atom. The molecule has 2 N–H and O–H groups in total. The van der Waals surface area contributed by atoms with Gasteiger partial charge >= 0.3 is 6.03 Å². The minimum absolute atomic E-state index is 0.0739. The average molecular weight is 270 g/mol. The summed E-state index contributed by atoms with van der Waals surface area (Å²) in [5.74, 6) is 0. The Labute approximate surface area is 113 Å². The fourth-order valence-electron chi connectivity index (χ4n) is 1.39. The summed E-state index contributed by atoms with van der Waals surface area (Å²) in [6, 6.07) is 5.94. The van der Waals surface area contributed by atoms with E-state index in [4.69, 9.17) is 11.6 Å². The van der Waals surface area contributed by atoms with Crippen molar-refractivity contribution in [3.05, 3.63) is 34.3 Å². The molecule has 4 nitrogen and oxygen atoms in total. The summed E-state index contributed by atoms with van der Waals surface area (Å²) >= 11 is 6.04. The van der Waals surface area contributed by atoms with Crippen molar-refractivity contribution in [2.24, 2.45) is 0 Å². The summed E-state index contributed by atoms with van der Waals surface area (Å²) in [4.78, 5) is 12.7. The van der Waals surface area contributed by atoms with E-state index in [0.29, 0.717) is 6.54 Å². The lowest BCUT2D eigenvalue weighted by Gasteiger charge is -2.12. The van der Waals surface area contributed by atoms with Crippen molar-refractivity contribution < 1.29 is 4.79 Å². The van der Waals surface area contributed by atoms with Crippen molar-refractivity contribution in [1.82, 2.24) is 15.5 Å². The van der Waals surface area contributed by atoms with Crippen LogP contribution in [-0.4, -0.2) is 38.1 Å². The van der Waals surface area contributed by atoms with Crippen molar-refractivity contribution in [1.29, 1.82) is 0 Å². The van der Waals surface area contributed by atoms with Crippen LogP contribution in [0.4, 0.5) is 4.79 Å². The Bertz CT molecular complexity index is 407. The maximum Gasteiger partial charge on any atom is 0.316 e. The number of benzene rings is 1. The quantitative estimate of drug-likeness (QED) is 0.803. The standard InChI is InChI=1S/C13H20ClN3O/c1-10-4-5-11(8-12(10)14)9-15-6-7-16-13(18)17(2)3/h4-5,8,15H,6-7,9H2,1-3H3,(H,16,18). The van der Waals surface area contributed by atoms with Gasteiger partial charge in [-0.15, -0.1) is 0 Å². The molecule has 0 aliphatic rings. The summed E-state index contributed by atoms with van der Waals surface area (Å²) in [6.07, 6.45) is 0. The molecule has 0 spiro atoms. The number of carbonyl (C=O) groups excluding carboxylic acids is 1. The number of amides is 2. The van der Waals surface area contributed by atoms with E-state index in [0.717, 1.165) is 29.2 Å². The molecular weight excluding hydrogens is 250 g/mol. The number of rotatable bonds is 5. The lowest BCUT2D eigenvalue weighted by atomic mass is 10.1. The third kappa shape index (κ3) is 4.94. The summed E-state index contributed by atoms with van der Waals surface area (Å²) in [5, 5.41) is 6.83. The second-order valence-corrected chi connectivity index (χ2v) is 4.79. The largest absolute Gasteiger partial charge is 0.337 e. The normalized spacial score (nSPS) is 10.2. The van der Waals surface area contributed by atoms with Crippen LogP contribution in [0.5, 0.6) is 0 Å². The van der Waals surface area contributed by atoms with E-state index in [2.05, 4.69) is 10.6 Å². The van der Waals surface area contributed by atoms with Gasteiger partial charge in [-0.2, -0.15) is 0 Å². The van der Waals surface area contributed by atoms with E-state index in [-0.39, 0.29) is 6.03 Å². The van der Waals surface area contributed by atoms with Crippen LogP contribution in [0.25, 0.3) is 0 Å². The molecule has 0 aromatic heterocycles. The first-order valence-electron chi connectivity index (χ1n) is 5.91. The lowest BCUT2D eigenvalue weighted by Crippen LogP contribution is -2.38. The SMILES string of the molecule is Cc1ccc(CNCCNC(=O)N(C)C)cc1Cl. The first kappa shape index (κ1) is 14.8. The number of halogens is 1. The number of nitrogens with one attached hydrogen (secondary N) is 2. The lowest BCUT2D eigenvalue weighted by molar-refractivity contribution is 0.217. The van der Waals surface area contributed by atoms with E-state index in [1.165, 1.54) is 4.90 Å². The molecular formula is C13H20ClN3O. The molecule has 0 saturated carbocycles. The molecule has 0 saturated heterocycles. The topological polar surface area (TPSA) is 44.4 Å². The molecule has 18 heavy (non-hydrogen) atoms. The average Bonchev–Trinajstić information content (AvgIpc) is 2.32. The van der Waals surface area contributed by atoms with Gasteiger partial charge in [0.25, 0.3) is 0 Å². The van der Waals surface area contributed by atoms with Crippen LogP contribution < -0.4 is 10.6 Å². The van der Waals surface area contributed by atoms with Crippen LogP contribution >= 0.6 is 11.6 Å². The van der Waals surface area contributed by atoms with E-state index < -0.39 is 0 Å². The second-order valence-electron chi connectivity index (χ2n) is 4.39. The van der Waals surface area contributed by atoms with Gasteiger partial charge in [0.2, 0.25) is 0 Å². The van der Waals surface area contributed by atoms with Crippen LogP contribution in [0.3, 0.4) is 0 Å². The molecule has 0 aliphatic carbocycles. The summed E-state index contributed by atoms with van der Waals surface area (Å²) < 4.78 is 0. The molecule has 0 aliphatic heterocycles. The molecule has 0 heterocycles. The van der Waals surface area contributed by atoms with Gasteiger partial charge in [0.1, 0.15) is 0 Å². The van der Waals surface area contributed by atoms with Crippen molar-refractivity contribution in [3.63, 3.8) is 0 Å². The van der Waals surface area contributed by atoms with Gasteiger partial charge in [0.05, 0.1) is 0 Å². The number of carbonyl (C=O) groups is 1. The Morgan fingerprint density at radius 1 is 1.33 bits per heavy atom. The van der Waals surface area contributed by atoms with Crippen LogP contribution in [0.15, 0.2) is 18.2 Å². The predicted octanol–water partition coefficient (Wildman–Crippen LogP) is 2.01. The fraction of sp³-hybridized carbons (Fsp3) is 0.462. The highest BCUT2D eigenvalue weighted by atomic mass is 35.5. The molecule has 1 aromatic carbocycles. The highest BCUT2D eigenvalue weighted by Gasteiger charge is 2.01. The molecule has 2 amide bonds. The Hall–Kier alpha value is -1.26. The highest BCUT2D eigenvalue weighted by Crippen LogP contribution is 2.16. The van der Waals surface area contributed by atoms with E-state index >= 15 is 0 Å². The molecule has 0 radical (unpaired) electrons. The van der Waals surface area contributed by atoms with Crippen molar-refractivity contribution in [2.45, 2.75) is 13.5 Å². The number of aryl methyl sites for hydroxylation is 1. The summed E-state index contributed by atoms with van der Waals surface area (Å²) in [5.41, 5.74) is 2.23. The number of urea groups is 1. The maximum atomic E-state index is 11.2. The van der Waals surface area contributed by atoms with Gasteiger partial charge in [-0.25, -0.2) is 4.79 Å². The number of nitrogens with zero attached hydrogens (tertiary/aromatic N) is 1. The van der Waals surface area contributed by atoms with Gasteiger partial charge < -0.3 is 15.5 Å². The predicted molar refractivity (Wildman–Crippen MR) is 75.0 cm³/mol. The zero-order valence-corrected chi connectivity index (χ0v) is 11.8. The molecule has 1 aromatic rings. The van der Waals surface area contributed by atoms with E-state index in [1.54, 1.807) is 14.1 Å². The molecule has 0 fully saturated rings. The molecule has 100 valence electrons. The first-order valence-corrected chi connectivity index (χ1v) is 6.29. The second kappa shape index (κ2) is 7.24. The number of hydrogen-bond acceptors (Lipinski definition) is 2. The van der Waals surface area contributed by atoms with E-state index in [1.807, 2.05) is 25.1 Å². The van der Waals surface area contributed by atoms with Crippen molar-refractivity contribution in [2.75, 3.05) is 27.2 Å². The minimum atomic E-state index is -0.0739. The third-order valence-electron chi connectivity index (χ3n) is 2.55. The highest BCUT2D eigenvalue weighted by molar-refractivity contribution is 6.31. The fourth-order valence-corrected chi connectivity index (χ4v) is 1.60. The van der Waals surface area contributed by atoms with Crippen molar-refractivity contribution >= 4 is 17.6 Å². The van der Waals surface area contributed by atoms with Gasteiger partial charge in [-0.3, -0.25) is 0 Å². The molecule has 0 unspecified atom stereocenters. The Balaban J connectivity index is 2.22. The molecule has 0 bridgehead atoms. The summed E-state index contributed by atoms with van der Waals surface area (Å²) in [6.45, 7) is 4.07. The molecule has 5 heteroatoms. The van der Waals surface area contributed by atoms with Gasteiger partial charge in [-0.1, -0.05) is 23.7 Å². The Morgan fingerprint density at radius 3 is 2.67 bits per heavy atom. The van der Waals surface area contributed by atoms with Crippen molar-refractivity contribution in [3.8, 4) is 0 Å². The van der Waals surface area contributed by atoms with Crippen LogP contribution in [0, 0.1) is 6.92 Å².